The Kier molecular flexibility index (Phi) is 5.87. The standard InChI is InChI=1S/C15H26ClNO3/c1-5-20-13(19)8-14(3)6-11(2)7-15(4,10-14)17-12(18)9-16/h11H,5-10H2,1-4H3,(H,17,18). The fourth-order valence-corrected chi connectivity index (χ4v) is 4.00. The van der Waals surface area contributed by atoms with E-state index in [2.05, 4.69) is 19.2 Å². The first-order chi connectivity index (χ1) is 9.22. The number of rotatable bonds is 5. The quantitative estimate of drug-likeness (QED) is 0.627. The summed E-state index contributed by atoms with van der Waals surface area (Å²) in [6.45, 7) is 8.52. The normalized spacial score (nSPS) is 33.5. The van der Waals surface area contributed by atoms with Crippen molar-refractivity contribution in [1.82, 2.24) is 5.32 Å². The molecule has 5 heteroatoms. The van der Waals surface area contributed by atoms with Gasteiger partial charge in [-0.15, -0.1) is 11.6 Å². The van der Waals surface area contributed by atoms with Gasteiger partial charge in [0.2, 0.25) is 5.91 Å². The lowest BCUT2D eigenvalue weighted by atomic mass is 9.62. The zero-order chi connectivity index (χ0) is 15.4. The summed E-state index contributed by atoms with van der Waals surface area (Å²) in [5.41, 5.74) is -0.441. The summed E-state index contributed by atoms with van der Waals surface area (Å²) in [5, 5.41) is 3.01. The summed E-state index contributed by atoms with van der Waals surface area (Å²) < 4.78 is 5.07. The molecule has 3 unspecified atom stereocenters. The van der Waals surface area contributed by atoms with Crippen molar-refractivity contribution >= 4 is 23.5 Å². The molecular formula is C15H26ClNO3. The van der Waals surface area contributed by atoms with E-state index in [-0.39, 0.29) is 28.7 Å². The van der Waals surface area contributed by atoms with Gasteiger partial charge >= 0.3 is 5.97 Å². The molecule has 1 N–H and O–H groups in total. The van der Waals surface area contributed by atoms with Crippen molar-refractivity contribution in [1.29, 1.82) is 0 Å². The maximum Gasteiger partial charge on any atom is 0.306 e. The highest BCUT2D eigenvalue weighted by atomic mass is 35.5. The molecule has 0 aromatic rings. The first-order valence-electron chi connectivity index (χ1n) is 7.24. The Balaban J connectivity index is 2.78. The van der Waals surface area contributed by atoms with Gasteiger partial charge in [0.05, 0.1) is 13.0 Å². The average molecular weight is 304 g/mol. The Morgan fingerprint density at radius 3 is 2.55 bits per heavy atom. The highest BCUT2D eigenvalue weighted by Gasteiger charge is 2.44. The summed E-state index contributed by atoms with van der Waals surface area (Å²) in [6, 6.07) is 0. The highest BCUT2D eigenvalue weighted by Crippen LogP contribution is 2.46. The van der Waals surface area contributed by atoms with Crippen molar-refractivity contribution in [2.45, 2.75) is 58.9 Å². The molecule has 3 atom stereocenters. The predicted octanol–water partition coefficient (Wildman–Crippen LogP) is 2.88. The molecule has 0 bridgehead atoms. The lowest BCUT2D eigenvalue weighted by Crippen LogP contribution is -2.53. The van der Waals surface area contributed by atoms with Gasteiger partial charge in [-0.25, -0.2) is 0 Å². The number of hydrogen-bond donors (Lipinski definition) is 1. The second kappa shape index (κ2) is 6.79. The molecule has 116 valence electrons. The molecule has 0 heterocycles. The molecule has 1 aliphatic rings. The molecule has 1 amide bonds. The molecule has 0 spiro atoms. The highest BCUT2D eigenvalue weighted by molar-refractivity contribution is 6.27. The molecule has 0 aliphatic heterocycles. The number of ether oxygens (including phenoxy) is 1. The van der Waals surface area contributed by atoms with Gasteiger partial charge in [-0.1, -0.05) is 13.8 Å². The van der Waals surface area contributed by atoms with Gasteiger partial charge in [-0.2, -0.15) is 0 Å². The summed E-state index contributed by atoms with van der Waals surface area (Å²) in [4.78, 5) is 23.4. The van der Waals surface area contributed by atoms with E-state index in [1.54, 1.807) is 0 Å². The van der Waals surface area contributed by atoms with Crippen LogP contribution in [0.2, 0.25) is 0 Å². The lowest BCUT2D eigenvalue weighted by Gasteiger charge is -2.47. The van der Waals surface area contributed by atoms with Crippen LogP contribution in [0, 0.1) is 11.3 Å². The molecule has 20 heavy (non-hydrogen) atoms. The van der Waals surface area contributed by atoms with Crippen LogP contribution in [-0.2, 0) is 14.3 Å². The van der Waals surface area contributed by atoms with E-state index in [9.17, 15) is 9.59 Å². The Hall–Kier alpha value is -0.770. The van der Waals surface area contributed by atoms with E-state index in [1.807, 2.05) is 13.8 Å². The van der Waals surface area contributed by atoms with Crippen LogP contribution in [0.3, 0.4) is 0 Å². The SMILES string of the molecule is CCOC(=O)CC1(C)CC(C)CC(C)(NC(=O)CCl)C1. The number of hydrogen-bond acceptors (Lipinski definition) is 3. The number of carbonyl (C=O) groups is 2. The summed E-state index contributed by atoms with van der Waals surface area (Å²) in [5.74, 6) is 0.110. The van der Waals surface area contributed by atoms with Crippen molar-refractivity contribution in [3.63, 3.8) is 0 Å². The molecule has 0 aromatic carbocycles. The minimum absolute atomic E-state index is 0.0292. The van der Waals surface area contributed by atoms with Crippen molar-refractivity contribution in [3.05, 3.63) is 0 Å². The Morgan fingerprint density at radius 2 is 2.00 bits per heavy atom. The maximum absolute atomic E-state index is 11.8. The van der Waals surface area contributed by atoms with Crippen LogP contribution in [0.5, 0.6) is 0 Å². The van der Waals surface area contributed by atoms with Crippen molar-refractivity contribution in [2.75, 3.05) is 12.5 Å². The zero-order valence-corrected chi connectivity index (χ0v) is 13.7. The van der Waals surface area contributed by atoms with E-state index in [0.717, 1.165) is 19.3 Å². The van der Waals surface area contributed by atoms with Crippen molar-refractivity contribution in [2.24, 2.45) is 11.3 Å². The molecule has 0 saturated heterocycles. The van der Waals surface area contributed by atoms with E-state index in [1.165, 1.54) is 0 Å². The fourth-order valence-electron chi connectivity index (χ4n) is 3.93. The van der Waals surface area contributed by atoms with E-state index < -0.39 is 0 Å². The molecule has 1 aliphatic carbocycles. The molecule has 4 nitrogen and oxygen atoms in total. The molecule has 0 aromatic heterocycles. The van der Waals surface area contributed by atoms with Crippen LogP contribution < -0.4 is 5.32 Å². The lowest BCUT2D eigenvalue weighted by molar-refractivity contribution is -0.147. The number of halogens is 1. The van der Waals surface area contributed by atoms with Crippen molar-refractivity contribution < 1.29 is 14.3 Å². The second-order valence-electron chi connectivity index (χ2n) is 6.73. The minimum atomic E-state index is -0.301. The Morgan fingerprint density at radius 1 is 1.35 bits per heavy atom. The minimum Gasteiger partial charge on any atom is -0.466 e. The Bertz CT molecular complexity index is 374. The van der Waals surface area contributed by atoms with E-state index in [0.29, 0.717) is 18.9 Å². The number of alkyl halides is 1. The third-order valence-corrected chi connectivity index (χ3v) is 4.14. The number of nitrogens with one attached hydrogen (secondary N) is 1. The number of carbonyl (C=O) groups excluding carboxylic acids is 2. The summed E-state index contributed by atoms with van der Waals surface area (Å²) in [7, 11) is 0. The third kappa shape index (κ3) is 4.97. The van der Waals surface area contributed by atoms with Gasteiger partial charge in [0, 0.05) is 5.54 Å². The first-order valence-corrected chi connectivity index (χ1v) is 7.78. The van der Waals surface area contributed by atoms with E-state index in [4.69, 9.17) is 16.3 Å². The predicted molar refractivity (Wildman–Crippen MR) is 79.6 cm³/mol. The van der Waals surface area contributed by atoms with Crippen molar-refractivity contribution in [3.8, 4) is 0 Å². The van der Waals surface area contributed by atoms with Gasteiger partial charge in [0.15, 0.2) is 0 Å². The van der Waals surface area contributed by atoms with E-state index >= 15 is 0 Å². The Labute approximate surface area is 126 Å². The zero-order valence-electron chi connectivity index (χ0n) is 12.9. The summed E-state index contributed by atoms with van der Waals surface area (Å²) >= 11 is 5.58. The van der Waals surface area contributed by atoms with Gasteiger partial charge in [-0.05, 0) is 44.4 Å². The molecule has 1 rings (SSSR count). The fraction of sp³-hybridized carbons (Fsp3) is 0.867. The van der Waals surface area contributed by atoms with Crippen LogP contribution in [0.15, 0.2) is 0 Å². The summed E-state index contributed by atoms with van der Waals surface area (Å²) in [6.07, 6.45) is 3.05. The molecular weight excluding hydrogens is 278 g/mol. The number of amides is 1. The molecule has 1 fully saturated rings. The average Bonchev–Trinajstić information content (AvgIpc) is 2.25. The number of esters is 1. The van der Waals surface area contributed by atoms with Crippen LogP contribution in [0.1, 0.15) is 53.4 Å². The van der Waals surface area contributed by atoms with Crippen LogP contribution in [0.25, 0.3) is 0 Å². The smallest absolute Gasteiger partial charge is 0.306 e. The molecule has 0 radical (unpaired) electrons. The first kappa shape index (κ1) is 17.3. The van der Waals surface area contributed by atoms with Crippen LogP contribution in [0.4, 0.5) is 0 Å². The van der Waals surface area contributed by atoms with Gasteiger partial charge in [0.1, 0.15) is 5.88 Å². The van der Waals surface area contributed by atoms with Crippen LogP contribution >= 0.6 is 11.6 Å². The maximum atomic E-state index is 11.8. The molecule has 1 saturated carbocycles. The van der Waals surface area contributed by atoms with Gasteiger partial charge in [-0.3, -0.25) is 9.59 Å². The van der Waals surface area contributed by atoms with Crippen LogP contribution in [-0.4, -0.2) is 29.9 Å². The largest absolute Gasteiger partial charge is 0.466 e. The topological polar surface area (TPSA) is 55.4 Å². The second-order valence-corrected chi connectivity index (χ2v) is 6.99. The third-order valence-electron chi connectivity index (χ3n) is 3.90. The van der Waals surface area contributed by atoms with Gasteiger partial charge < -0.3 is 10.1 Å². The monoisotopic (exact) mass is 303 g/mol. The van der Waals surface area contributed by atoms with Gasteiger partial charge in [0.25, 0.3) is 0 Å².